The number of benzene rings is 1. The molecule has 0 bridgehead atoms. The highest BCUT2D eigenvalue weighted by Gasteiger charge is 2.17. The molecular formula is C10H10ClNO3S. The molecule has 0 saturated heterocycles. The van der Waals surface area contributed by atoms with Gasteiger partial charge in [0.2, 0.25) is 0 Å². The third-order valence-electron chi connectivity index (χ3n) is 2.23. The van der Waals surface area contributed by atoms with Gasteiger partial charge in [0.15, 0.2) is 16.0 Å². The summed E-state index contributed by atoms with van der Waals surface area (Å²) in [5.74, 6) is 1.17. The van der Waals surface area contributed by atoms with Crippen molar-refractivity contribution in [2.75, 3.05) is 14.2 Å². The van der Waals surface area contributed by atoms with E-state index in [1.807, 2.05) is 0 Å². The van der Waals surface area contributed by atoms with Gasteiger partial charge in [-0.2, -0.15) is 0 Å². The quantitative estimate of drug-likeness (QED) is 0.920. The molecule has 1 aromatic heterocycles. The molecule has 0 atom stereocenters. The van der Waals surface area contributed by atoms with Gasteiger partial charge in [-0.05, 0) is 6.07 Å². The van der Waals surface area contributed by atoms with Crippen molar-refractivity contribution >= 4 is 33.2 Å². The van der Waals surface area contributed by atoms with E-state index in [0.29, 0.717) is 27.0 Å². The highest BCUT2D eigenvalue weighted by molar-refractivity contribution is 7.22. The lowest BCUT2D eigenvalue weighted by molar-refractivity contribution is 0.282. The van der Waals surface area contributed by atoms with Gasteiger partial charge in [0, 0.05) is 5.56 Å². The highest BCUT2D eigenvalue weighted by Crippen LogP contribution is 2.41. The molecule has 6 heteroatoms. The van der Waals surface area contributed by atoms with Crippen LogP contribution in [0.3, 0.4) is 0 Å². The van der Waals surface area contributed by atoms with Gasteiger partial charge in [0.25, 0.3) is 0 Å². The van der Waals surface area contributed by atoms with Crippen molar-refractivity contribution in [2.45, 2.75) is 6.61 Å². The fourth-order valence-electron chi connectivity index (χ4n) is 1.54. The minimum Gasteiger partial charge on any atom is -0.493 e. The molecule has 0 radical (unpaired) electrons. The molecule has 2 rings (SSSR count). The average Bonchev–Trinajstić information content (AvgIpc) is 2.67. The molecule has 0 spiro atoms. The minimum atomic E-state index is -0.114. The minimum absolute atomic E-state index is 0.114. The Hall–Kier alpha value is -1.04. The van der Waals surface area contributed by atoms with Crippen LogP contribution in [0, 0.1) is 0 Å². The lowest BCUT2D eigenvalue weighted by atomic mass is 10.2. The first-order valence-corrected chi connectivity index (χ1v) is 5.71. The topological polar surface area (TPSA) is 51.6 Å². The second-order valence-corrected chi connectivity index (χ2v) is 4.66. The summed E-state index contributed by atoms with van der Waals surface area (Å²) in [6.07, 6.45) is 0. The molecule has 0 unspecified atom stereocenters. The number of aromatic nitrogens is 1. The van der Waals surface area contributed by atoms with Crippen LogP contribution in [0.2, 0.25) is 4.47 Å². The Morgan fingerprint density at radius 3 is 2.75 bits per heavy atom. The van der Waals surface area contributed by atoms with Gasteiger partial charge < -0.3 is 14.6 Å². The van der Waals surface area contributed by atoms with Crippen molar-refractivity contribution in [1.82, 2.24) is 4.98 Å². The second-order valence-electron chi connectivity index (χ2n) is 3.07. The van der Waals surface area contributed by atoms with Crippen LogP contribution >= 0.6 is 22.9 Å². The van der Waals surface area contributed by atoms with Crippen LogP contribution in [0.5, 0.6) is 11.5 Å². The molecule has 1 aromatic carbocycles. The van der Waals surface area contributed by atoms with E-state index in [2.05, 4.69) is 4.98 Å². The molecule has 1 heterocycles. The molecule has 2 aromatic rings. The van der Waals surface area contributed by atoms with Crippen LogP contribution in [-0.4, -0.2) is 24.3 Å². The van der Waals surface area contributed by atoms with Crippen LogP contribution < -0.4 is 9.47 Å². The number of aliphatic hydroxyl groups is 1. The molecule has 1 N–H and O–H groups in total. The Morgan fingerprint density at radius 1 is 1.44 bits per heavy atom. The van der Waals surface area contributed by atoms with Gasteiger partial charge in [-0.3, -0.25) is 0 Å². The van der Waals surface area contributed by atoms with Crippen molar-refractivity contribution in [3.63, 3.8) is 0 Å². The van der Waals surface area contributed by atoms with Crippen LogP contribution in [-0.2, 0) is 6.61 Å². The first-order valence-electron chi connectivity index (χ1n) is 4.52. The highest BCUT2D eigenvalue weighted by atomic mass is 35.5. The first-order chi connectivity index (χ1) is 7.71. The van der Waals surface area contributed by atoms with E-state index in [-0.39, 0.29) is 6.61 Å². The maximum Gasteiger partial charge on any atom is 0.184 e. The number of hydrogen-bond acceptors (Lipinski definition) is 5. The van der Waals surface area contributed by atoms with Crippen molar-refractivity contribution < 1.29 is 14.6 Å². The third kappa shape index (κ3) is 1.71. The summed E-state index contributed by atoms with van der Waals surface area (Å²) in [5.41, 5.74) is 1.34. The largest absolute Gasteiger partial charge is 0.493 e. The summed E-state index contributed by atoms with van der Waals surface area (Å²) < 4.78 is 11.7. The molecule has 0 saturated carbocycles. The van der Waals surface area contributed by atoms with Gasteiger partial charge in [-0.1, -0.05) is 22.9 Å². The zero-order chi connectivity index (χ0) is 11.7. The van der Waals surface area contributed by atoms with E-state index in [1.165, 1.54) is 11.3 Å². The van der Waals surface area contributed by atoms with Crippen LogP contribution in [0.25, 0.3) is 10.2 Å². The lowest BCUT2D eigenvalue weighted by Gasteiger charge is -2.09. The summed E-state index contributed by atoms with van der Waals surface area (Å²) >= 11 is 7.17. The van der Waals surface area contributed by atoms with Crippen LogP contribution in [0.4, 0.5) is 0 Å². The van der Waals surface area contributed by atoms with E-state index >= 15 is 0 Å². The number of rotatable bonds is 3. The lowest BCUT2D eigenvalue weighted by Crippen LogP contribution is -1.94. The van der Waals surface area contributed by atoms with Crippen LogP contribution in [0.15, 0.2) is 6.07 Å². The van der Waals surface area contributed by atoms with E-state index in [4.69, 9.17) is 21.1 Å². The molecule has 16 heavy (non-hydrogen) atoms. The molecule has 0 fully saturated rings. The average molecular weight is 260 g/mol. The Morgan fingerprint density at radius 2 is 2.19 bits per heavy atom. The summed E-state index contributed by atoms with van der Waals surface area (Å²) in [6.45, 7) is -0.114. The zero-order valence-corrected chi connectivity index (χ0v) is 10.4. The summed E-state index contributed by atoms with van der Waals surface area (Å²) in [7, 11) is 3.11. The van der Waals surface area contributed by atoms with Crippen molar-refractivity contribution in [3.05, 3.63) is 16.1 Å². The van der Waals surface area contributed by atoms with Crippen LogP contribution in [0.1, 0.15) is 5.56 Å². The van der Waals surface area contributed by atoms with Crippen molar-refractivity contribution in [2.24, 2.45) is 0 Å². The summed E-state index contributed by atoms with van der Waals surface area (Å²) in [5, 5.41) is 9.25. The van der Waals surface area contributed by atoms with Gasteiger partial charge in [-0.15, -0.1) is 0 Å². The Balaban J connectivity index is 2.82. The Bertz CT molecular complexity index is 526. The number of fused-ring (bicyclic) bond motifs is 1. The smallest absolute Gasteiger partial charge is 0.184 e. The Labute approximate surface area is 101 Å². The van der Waals surface area contributed by atoms with Crippen molar-refractivity contribution in [1.29, 1.82) is 0 Å². The summed E-state index contributed by atoms with van der Waals surface area (Å²) in [6, 6.07) is 1.71. The van der Waals surface area contributed by atoms with E-state index in [0.717, 1.165) is 4.70 Å². The number of hydrogen-bond donors (Lipinski definition) is 1. The predicted octanol–water partition coefficient (Wildman–Crippen LogP) is 2.46. The SMILES string of the molecule is COc1cc(CO)c2nc(Cl)sc2c1OC. The first kappa shape index (κ1) is 11.4. The van der Waals surface area contributed by atoms with Gasteiger partial charge >= 0.3 is 0 Å². The number of nitrogens with zero attached hydrogens (tertiary/aromatic N) is 1. The molecule has 0 amide bonds. The molecule has 0 aliphatic carbocycles. The fourth-order valence-corrected chi connectivity index (χ4v) is 2.71. The van der Waals surface area contributed by atoms with E-state index in [9.17, 15) is 5.11 Å². The molecular weight excluding hydrogens is 250 g/mol. The van der Waals surface area contributed by atoms with Gasteiger partial charge in [-0.25, -0.2) is 4.98 Å². The zero-order valence-electron chi connectivity index (χ0n) is 8.78. The normalized spacial score (nSPS) is 10.8. The maximum atomic E-state index is 9.25. The van der Waals surface area contributed by atoms with Gasteiger partial charge in [0.1, 0.15) is 4.70 Å². The second kappa shape index (κ2) is 4.45. The molecule has 86 valence electrons. The monoisotopic (exact) mass is 259 g/mol. The molecule has 0 aliphatic rings. The number of thiazole rings is 1. The number of aliphatic hydroxyl groups excluding tert-OH is 1. The molecule has 4 nitrogen and oxygen atoms in total. The number of halogens is 1. The van der Waals surface area contributed by atoms with E-state index in [1.54, 1.807) is 20.3 Å². The number of methoxy groups -OCH3 is 2. The standard InChI is InChI=1S/C10H10ClNO3S/c1-14-6-3-5(4-13)7-9(8(6)15-2)16-10(11)12-7/h3,13H,4H2,1-2H3. The van der Waals surface area contributed by atoms with Gasteiger partial charge in [0.05, 0.1) is 26.3 Å². The number of ether oxygens (including phenoxy) is 2. The third-order valence-corrected chi connectivity index (χ3v) is 3.39. The molecule has 0 aliphatic heterocycles. The van der Waals surface area contributed by atoms with E-state index < -0.39 is 0 Å². The predicted molar refractivity (Wildman–Crippen MR) is 63.7 cm³/mol. The maximum absolute atomic E-state index is 9.25. The summed E-state index contributed by atoms with van der Waals surface area (Å²) in [4.78, 5) is 4.16. The van der Waals surface area contributed by atoms with Crippen molar-refractivity contribution in [3.8, 4) is 11.5 Å². The Kier molecular flexibility index (Phi) is 3.18. The fraction of sp³-hybridized carbons (Fsp3) is 0.300.